The summed E-state index contributed by atoms with van der Waals surface area (Å²) >= 11 is 1.53. The van der Waals surface area contributed by atoms with E-state index in [-0.39, 0.29) is 5.41 Å². The van der Waals surface area contributed by atoms with Crippen LogP contribution in [0.4, 0.5) is 5.13 Å². The molecule has 12 heavy (non-hydrogen) atoms. The van der Waals surface area contributed by atoms with Gasteiger partial charge in [0.05, 0.1) is 0 Å². The molecule has 0 aliphatic carbocycles. The van der Waals surface area contributed by atoms with Crippen LogP contribution in [0.15, 0.2) is 5.51 Å². The lowest BCUT2D eigenvalue weighted by Gasteiger charge is -2.27. The summed E-state index contributed by atoms with van der Waals surface area (Å²) in [7, 11) is 0. The Balaban J connectivity index is 2.53. The summed E-state index contributed by atoms with van der Waals surface area (Å²) in [6, 6.07) is 0.408. The van der Waals surface area contributed by atoms with E-state index in [1.54, 1.807) is 5.51 Å². The number of nitrogens with zero attached hydrogens (tertiary/aromatic N) is 2. The van der Waals surface area contributed by atoms with Gasteiger partial charge in [0.1, 0.15) is 5.51 Å². The quantitative estimate of drug-likeness (QED) is 0.768. The van der Waals surface area contributed by atoms with Crippen LogP contribution in [0.5, 0.6) is 0 Å². The summed E-state index contributed by atoms with van der Waals surface area (Å²) in [6.45, 7) is 8.75. The van der Waals surface area contributed by atoms with E-state index in [1.165, 1.54) is 11.3 Å². The molecule has 1 N–H and O–H groups in total. The van der Waals surface area contributed by atoms with Crippen molar-refractivity contribution in [1.29, 1.82) is 0 Å². The van der Waals surface area contributed by atoms with Crippen molar-refractivity contribution in [1.82, 2.24) is 10.2 Å². The molecule has 0 aliphatic rings. The molecule has 0 aromatic carbocycles. The Kier molecular flexibility index (Phi) is 2.67. The third-order valence-corrected chi connectivity index (χ3v) is 2.62. The van der Waals surface area contributed by atoms with E-state index in [4.69, 9.17) is 0 Å². The van der Waals surface area contributed by atoms with E-state index in [2.05, 4.69) is 43.2 Å². The zero-order valence-electron chi connectivity index (χ0n) is 7.96. The second kappa shape index (κ2) is 3.39. The molecule has 1 aromatic rings. The largest absolute Gasteiger partial charge is 0.357 e. The normalized spacial score (nSPS) is 14.3. The van der Waals surface area contributed by atoms with Crippen LogP contribution < -0.4 is 5.32 Å². The van der Waals surface area contributed by atoms with Gasteiger partial charge >= 0.3 is 0 Å². The van der Waals surface area contributed by atoms with E-state index >= 15 is 0 Å². The van der Waals surface area contributed by atoms with Crippen LogP contribution in [0, 0.1) is 5.41 Å². The van der Waals surface area contributed by atoms with Gasteiger partial charge in [-0.2, -0.15) is 0 Å². The lowest BCUT2D eigenvalue weighted by atomic mass is 9.88. The highest BCUT2D eigenvalue weighted by atomic mass is 32.1. The van der Waals surface area contributed by atoms with Gasteiger partial charge in [-0.3, -0.25) is 0 Å². The van der Waals surface area contributed by atoms with E-state index in [0.717, 1.165) is 5.13 Å². The second-order valence-corrected chi connectivity index (χ2v) is 4.81. The third-order valence-electron chi connectivity index (χ3n) is 2.00. The number of rotatable bonds is 2. The first-order valence-corrected chi connectivity index (χ1v) is 4.91. The molecule has 1 atom stereocenters. The highest BCUT2D eigenvalue weighted by molar-refractivity contribution is 7.13. The topological polar surface area (TPSA) is 37.8 Å². The molecule has 68 valence electrons. The lowest BCUT2D eigenvalue weighted by molar-refractivity contribution is 0.359. The van der Waals surface area contributed by atoms with Crippen molar-refractivity contribution in [2.45, 2.75) is 33.7 Å². The fourth-order valence-electron chi connectivity index (χ4n) is 0.638. The van der Waals surface area contributed by atoms with E-state index < -0.39 is 0 Å². The summed E-state index contributed by atoms with van der Waals surface area (Å²) in [5.41, 5.74) is 1.99. The third kappa shape index (κ3) is 2.44. The molecule has 0 amide bonds. The minimum absolute atomic E-state index is 0.256. The second-order valence-electron chi connectivity index (χ2n) is 3.98. The molecule has 1 rings (SSSR count). The van der Waals surface area contributed by atoms with Gasteiger partial charge in [0.2, 0.25) is 5.13 Å². The predicted octanol–water partition coefficient (Wildman–Crippen LogP) is 2.38. The zero-order chi connectivity index (χ0) is 9.19. The molecule has 0 aliphatic heterocycles. The van der Waals surface area contributed by atoms with Crippen molar-refractivity contribution in [2.24, 2.45) is 5.41 Å². The average molecular weight is 185 g/mol. The lowest BCUT2D eigenvalue weighted by Crippen LogP contribution is -2.30. The Labute approximate surface area is 77.2 Å². The molecule has 0 saturated carbocycles. The maximum Gasteiger partial charge on any atom is 0.205 e. The summed E-state index contributed by atoms with van der Waals surface area (Å²) in [5, 5.41) is 11.9. The molecular weight excluding hydrogens is 170 g/mol. The van der Waals surface area contributed by atoms with Crippen LogP contribution >= 0.6 is 11.3 Å². The number of nitrogens with one attached hydrogen (secondary N) is 1. The smallest absolute Gasteiger partial charge is 0.205 e. The highest BCUT2D eigenvalue weighted by Crippen LogP contribution is 2.22. The Morgan fingerprint density at radius 1 is 1.50 bits per heavy atom. The van der Waals surface area contributed by atoms with Crippen LogP contribution in [0.2, 0.25) is 0 Å². The molecule has 1 unspecified atom stereocenters. The molecule has 3 nitrogen and oxygen atoms in total. The Hall–Kier alpha value is -0.640. The molecule has 0 bridgehead atoms. The van der Waals surface area contributed by atoms with Gasteiger partial charge in [-0.25, -0.2) is 0 Å². The van der Waals surface area contributed by atoms with Crippen molar-refractivity contribution in [3.05, 3.63) is 5.51 Å². The number of aromatic nitrogens is 2. The van der Waals surface area contributed by atoms with Crippen LogP contribution in [-0.2, 0) is 0 Å². The van der Waals surface area contributed by atoms with E-state index in [1.807, 2.05) is 0 Å². The highest BCUT2D eigenvalue weighted by Gasteiger charge is 2.20. The van der Waals surface area contributed by atoms with Gasteiger partial charge < -0.3 is 5.32 Å². The minimum atomic E-state index is 0.256. The first-order chi connectivity index (χ1) is 5.50. The average Bonchev–Trinajstić information content (AvgIpc) is 2.37. The van der Waals surface area contributed by atoms with Crippen LogP contribution in [0.3, 0.4) is 0 Å². The number of hydrogen-bond donors (Lipinski definition) is 1. The van der Waals surface area contributed by atoms with Crippen molar-refractivity contribution in [3.63, 3.8) is 0 Å². The van der Waals surface area contributed by atoms with Gasteiger partial charge in [0.15, 0.2) is 0 Å². The number of hydrogen-bond acceptors (Lipinski definition) is 4. The molecule has 0 radical (unpaired) electrons. The van der Waals surface area contributed by atoms with Gasteiger partial charge in [-0.1, -0.05) is 32.1 Å². The fourth-order valence-corrected chi connectivity index (χ4v) is 1.17. The maximum absolute atomic E-state index is 3.93. The van der Waals surface area contributed by atoms with Gasteiger partial charge in [0, 0.05) is 6.04 Å². The van der Waals surface area contributed by atoms with Crippen molar-refractivity contribution >= 4 is 16.5 Å². The fraction of sp³-hybridized carbons (Fsp3) is 0.750. The Morgan fingerprint density at radius 2 is 2.17 bits per heavy atom. The molecular formula is C8H15N3S. The molecule has 4 heteroatoms. The Morgan fingerprint density at radius 3 is 2.58 bits per heavy atom. The zero-order valence-corrected chi connectivity index (χ0v) is 8.77. The summed E-state index contributed by atoms with van der Waals surface area (Å²) in [6.07, 6.45) is 0. The minimum Gasteiger partial charge on any atom is -0.357 e. The summed E-state index contributed by atoms with van der Waals surface area (Å²) < 4.78 is 0. The first kappa shape index (κ1) is 9.45. The van der Waals surface area contributed by atoms with Crippen LogP contribution in [-0.4, -0.2) is 16.2 Å². The summed E-state index contributed by atoms with van der Waals surface area (Å²) in [5.74, 6) is 0. The molecule has 1 heterocycles. The first-order valence-electron chi connectivity index (χ1n) is 4.03. The maximum atomic E-state index is 3.93. The summed E-state index contributed by atoms with van der Waals surface area (Å²) in [4.78, 5) is 0. The van der Waals surface area contributed by atoms with Crippen molar-refractivity contribution in [2.75, 3.05) is 5.32 Å². The van der Waals surface area contributed by atoms with Crippen molar-refractivity contribution < 1.29 is 0 Å². The van der Waals surface area contributed by atoms with Gasteiger partial charge in [0.25, 0.3) is 0 Å². The predicted molar refractivity (Wildman–Crippen MR) is 52.4 cm³/mol. The van der Waals surface area contributed by atoms with E-state index in [0.29, 0.717) is 6.04 Å². The molecule has 0 spiro atoms. The van der Waals surface area contributed by atoms with E-state index in [9.17, 15) is 0 Å². The molecule has 0 saturated heterocycles. The Bertz CT molecular complexity index is 225. The number of anilines is 1. The van der Waals surface area contributed by atoms with Crippen LogP contribution in [0.1, 0.15) is 27.7 Å². The van der Waals surface area contributed by atoms with Crippen LogP contribution in [0.25, 0.3) is 0 Å². The standard InChI is InChI=1S/C8H15N3S/c1-6(8(2,3)4)10-7-11-9-5-12-7/h5-6H,1-4H3,(H,10,11). The van der Waals surface area contributed by atoms with Crippen molar-refractivity contribution in [3.8, 4) is 0 Å². The molecule has 0 fully saturated rings. The van der Waals surface area contributed by atoms with Gasteiger partial charge in [-0.05, 0) is 12.3 Å². The SMILES string of the molecule is CC(Nc1nncs1)C(C)(C)C. The monoisotopic (exact) mass is 185 g/mol. The van der Waals surface area contributed by atoms with Gasteiger partial charge in [-0.15, -0.1) is 10.2 Å². The molecule has 1 aromatic heterocycles.